The molecule has 0 unspecified atom stereocenters. The summed E-state index contributed by atoms with van der Waals surface area (Å²) in [5.74, 6) is 1.54. The van der Waals surface area contributed by atoms with Crippen molar-refractivity contribution in [1.29, 1.82) is 0 Å². The van der Waals surface area contributed by atoms with Crippen molar-refractivity contribution in [2.24, 2.45) is 10.8 Å². The molecule has 0 aromatic rings. The predicted octanol–water partition coefficient (Wildman–Crippen LogP) is 5.98. The monoisotopic (exact) mass is 304 g/mol. The first-order valence-electron chi connectivity index (χ1n) is 7.17. The molecule has 0 fully saturated rings. The van der Waals surface area contributed by atoms with E-state index in [1.165, 1.54) is 18.6 Å². The summed E-state index contributed by atoms with van der Waals surface area (Å²) in [6, 6.07) is 0. The van der Waals surface area contributed by atoms with Crippen molar-refractivity contribution in [2.75, 3.05) is 5.75 Å². The molecule has 0 aliphatic carbocycles. The molecule has 0 saturated heterocycles. The Kier molecular flexibility index (Phi) is 7.54. The minimum atomic E-state index is -0.214. The van der Waals surface area contributed by atoms with E-state index in [1.807, 2.05) is 42.4 Å². The molecule has 114 valence electrons. The van der Waals surface area contributed by atoms with Gasteiger partial charge in [-0.1, -0.05) is 63.1 Å². The second kappa shape index (κ2) is 7.40. The van der Waals surface area contributed by atoms with E-state index in [2.05, 4.69) is 34.6 Å². The summed E-state index contributed by atoms with van der Waals surface area (Å²) in [5.41, 5.74) is 0.220. The zero-order valence-corrected chi connectivity index (χ0v) is 15.7. The lowest BCUT2D eigenvalue weighted by molar-refractivity contribution is -0.126. The molecule has 0 rings (SSSR count). The van der Waals surface area contributed by atoms with Crippen LogP contribution in [0.4, 0.5) is 0 Å². The highest BCUT2D eigenvalue weighted by Gasteiger charge is 2.29. The molecule has 0 aliphatic rings. The molecule has 0 aromatic carbocycles. The van der Waals surface area contributed by atoms with Crippen LogP contribution in [-0.4, -0.2) is 16.3 Å². The molecule has 0 heterocycles. The molecule has 0 atom stereocenters. The Morgan fingerprint density at radius 1 is 0.947 bits per heavy atom. The minimum absolute atomic E-state index is 0.0385. The van der Waals surface area contributed by atoms with Gasteiger partial charge in [-0.25, -0.2) is 0 Å². The predicted molar refractivity (Wildman–Crippen MR) is 91.9 cm³/mol. The second-order valence-electron chi connectivity index (χ2n) is 8.18. The fraction of sp³-hybridized carbons (Fsp3) is 0.938. The van der Waals surface area contributed by atoms with Gasteiger partial charge in [-0.2, -0.15) is 0 Å². The highest BCUT2D eigenvalue weighted by molar-refractivity contribution is 8.77. The fourth-order valence-electron chi connectivity index (χ4n) is 1.54. The molecule has 0 N–H and O–H groups in total. The third kappa shape index (κ3) is 10.8. The van der Waals surface area contributed by atoms with Crippen molar-refractivity contribution in [2.45, 2.75) is 79.4 Å². The van der Waals surface area contributed by atoms with Gasteiger partial charge in [0.25, 0.3) is 0 Å². The topological polar surface area (TPSA) is 17.1 Å². The highest BCUT2D eigenvalue weighted by Crippen LogP contribution is 2.40. The van der Waals surface area contributed by atoms with Crippen LogP contribution in [0.25, 0.3) is 0 Å². The van der Waals surface area contributed by atoms with Crippen molar-refractivity contribution < 1.29 is 4.79 Å². The van der Waals surface area contributed by atoms with Crippen LogP contribution < -0.4 is 0 Å². The van der Waals surface area contributed by atoms with Crippen molar-refractivity contribution >= 4 is 27.4 Å². The summed E-state index contributed by atoms with van der Waals surface area (Å²) in [5, 5.41) is 0. The summed E-state index contributed by atoms with van der Waals surface area (Å²) >= 11 is 0. The molecule has 0 radical (unpaired) electrons. The van der Waals surface area contributed by atoms with Crippen LogP contribution in [0.15, 0.2) is 0 Å². The number of ketones is 1. The number of hydrogen-bond acceptors (Lipinski definition) is 3. The number of carbonyl (C=O) groups is 1. The third-order valence-electron chi connectivity index (χ3n) is 2.86. The minimum Gasteiger partial charge on any atom is -0.299 e. The van der Waals surface area contributed by atoms with Crippen LogP contribution in [0, 0.1) is 10.8 Å². The lowest BCUT2D eigenvalue weighted by atomic mass is 9.86. The van der Waals surface area contributed by atoms with Gasteiger partial charge in [0.1, 0.15) is 5.78 Å². The van der Waals surface area contributed by atoms with E-state index < -0.39 is 0 Å². The normalized spacial score (nSPS) is 13.7. The zero-order chi connectivity index (χ0) is 15.3. The summed E-state index contributed by atoms with van der Waals surface area (Å²) < 4.78 is 0.0385. The summed E-state index contributed by atoms with van der Waals surface area (Å²) in [6.45, 7) is 17.2. The summed E-state index contributed by atoms with van der Waals surface area (Å²) in [7, 11) is 3.79. The smallest absolute Gasteiger partial charge is 0.139 e. The highest BCUT2D eigenvalue weighted by atomic mass is 33.1. The molecule has 0 bridgehead atoms. The number of Topliss-reactive ketones (excluding diaryl/α,β-unsaturated/α-hetero) is 1. The Labute approximate surface area is 128 Å². The van der Waals surface area contributed by atoms with Crippen LogP contribution in [0.3, 0.4) is 0 Å². The van der Waals surface area contributed by atoms with Gasteiger partial charge in [-0.15, -0.1) is 0 Å². The van der Waals surface area contributed by atoms with E-state index in [0.29, 0.717) is 17.6 Å². The molecule has 0 aromatic heterocycles. The molecule has 0 aliphatic heterocycles. The third-order valence-corrected chi connectivity index (χ3v) is 6.24. The first-order chi connectivity index (χ1) is 8.33. The quantitative estimate of drug-likeness (QED) is 0.425. The van der Waals surface area contributed by atoms with Crippen molar-refractivity contribution in [3.05, 3.63) is 0 Å². The molecule has 0 spiro atoms. The van der Waals surface area contributed by atoms with E-state index in [-0.39, 0.29) is 10.2 Å². The van der Waals surface area contributed by atoms with Crippen LogP contribution in [0.1, 0.15) is 74.7 Å². The lowest BCUT2D eigenvalue weighted by Gasteiger charge is -2.27. The molecule has 0 amide bonds. The van der Waals surface area contributed by atoms with E-state index in [4.69, 9.17) is 0 Å². The first kappa shape index (κ1) is 19.4. The lowest BCUT2D eigenvalue weighted by Crippen LogP contribution is -2.28. The fourth-order valence-corrected chi connectivity index (χ4v) is 4.14. The van der Waals surface area contributed by atoms with Gasteiger partial charge < -0.3 is 0 Å². The molecular weight excluding hydrogens is 272 g/mol. The molecule has 0 saturated carbocycles. The zero-order valence-electron chi connectivity index (χ0n) is 14.1. The summed E-state index contributed by atoms with van der Waals surface area (Å²) in [6.07, 6.45) is 3.18. The SMILES string of the molecule is CC(C)(C)CCCSSC(C)(C)CC(=O)C(C)(C)C. The van der Waals surface area contributed by atoms with Gasteiger partial charge in [0.15, 0.2) is 0 Å². The van der Waals surface area contributed by atoms with E-state index in [1.54, 1.807) is 0 Å². The van der Waals surface area contributed by atoms with Crippen molar-refractivity contribution in [3.8, 4) is 0 Å². The second-order valence-corrected chi connectivity index (χ2v) is 11.3. The summed E-state index contributed by atoms with van der Waals surface area (Å²) in [4.78, 5) is 12.1. The van der Waals surface area contributed by atoms with Crippen LogP contribution in [0.2, 0.25) is 0 Å². The van der Waals surface area contributed by atoms with Gasteiger partial charge >= 0.3 is 0 Å². The average molecular weight is 305 g/mol. The number of carbonyl (C=O) groups excluding carboxylic acids is 1. The van der Waals surface area contributed by atoms with Gasteiger partial charge in [0.2, 0.25) is 0 Å². The molecule has 3 heteroatoms. The standard InChI is InChI=1S/C16H32OS2/c1-14(2,3)10-9-11-18-19-16(7,8)12-13(17)15(4,5)6/h9-12H2,1-8H3. The Balaban J connectivity index is 3.95. The van der Waals surface area contributed by atoms with E-state index in [0.717, 1.165) is 0 Å². The maximum absolute atomic E-state index is 12.1. The first-order valence-corrected chi connectivity index (χ1v) is 9.49. The molecule has 19 heavy (non-hydrogen) atoms. The van der Waals surface area contributed by atoms with E-state index >= 15 is 0 Å². The maximum atomic E-state index is 12.1. The Morgan fingerprint density at radius 3 is 1.89 bits per heavy atom. The Morgan fingerprint density at radius 2 is 1.47 bits per heavy atom. The number of hydrogen-bond donors (Lipinski definition) is 0. The van der Waals surface area contributed by atoms with Crippen LogP contribution in [-0.2, 0) is 4.79 Å². The Hall–Kier alpha value is 0.370. The van der Waals surface area contributed by atoms with Crippen molar-refractivity contribution in [1.82, 2.24) is 0 Å². The molecular formula is C16H32OS2. The van der Waals surface area contributed by atoms with Gasteiger partial charge in [-0.3, -0.25) is 4.79 Å². The maximum Gasteiger partial charge on any atom is 0.139 e. The van der Waals surface area contributed by atoms with Crippen molar-refractivity contribution in [3.63, 3.8) is 0 Å². The number of rotatable bonds is 7. The average Bonchev–Trinajstić information content (AvgIpc) is 2.12. The van der Waals surface area contributed by atoms with Gasteiger partial charge in [0, 0.05) is 22.3 Å². The Bertz CT molecular complexity index is 282. The van der Waals surface area contributed by atoms with Crippen LogP contribution >= 0.6 is 21.6 Å². The van der Waals surface area contributed by atoms with Crippen LogP contribution in [0.5, 0.6) is 0 Å². The van der Waals surface area contributed by atoms with Gasteiger partial charge in [0.05, 0.1) is 0 Å². The van der Waals surface area contributed by atoms with Gasteiger partial charge in [-0.05, 0) is 32.1 Å². The largest absolute Gasteiger partial charge is 0.299 e. The molecule has 1 nitrogen and oxygen atoms in total. The van der Waals surface area contributed by atoms with E-state index in [9.17, 15) is 4.79 Å².